The Balaban J connectivity index is 3.36. The van der Waals surface area contributed by atoms with E-state index in [0.29, 0.717) is 0 Å². The van der Waals surface area contributed by atoms with Gasteiger partial charge in [-0.05, 0) is 0 Å². The van der Waals surface area contributed by atoms with Crippen molar-refractivity contribution in [1.29, 1.82) is 0 Å². The monoisotopic (exact) mass is 266 g/mol. The molecule has 0 radical (unpaired) electrons. The van der Waals surface area contributed by atoms with Crippen LogP contribution >= 0.6 is 15.9 Å². The van der Waals surface area contributed by atoms with E-state index in [1.165, 1.54) is 13.3 Å². The molecule has 0 bridgehead atoms. The summed E-state index contributed by atoms with van der Waals surface area (Å²) in [6.07, 6.45) is -1.43. The Labute approximate surface area is 88.4 Å². The summed E-state index contributed by atoms with van der Waals surface area (Å²) in [4.78, 5) is 3.75. The van der Waals surface area contributed by atoms with Gasteiger partial charge in [-0.2, -0.15) is 0 Å². The third-order valence-electron chi connectivity index (χ3n) is 1.79. The zero-order valence-electron chi connectivity index (χ0n) is 7.43. The second-order valence-corrected chi connectivity index (χ2v) is 3.10. The second-order valence-electron chi connectivity index (χ2n) is 2.54. The number of pyridine rings is 1. The molecule has 0 aliphatic carbocycles. The fourth-order valence-corrected chi connectivity index (χ4v) is 1.69. The van der Waals surface area contributed by atoms with Crippen LogP contribution in [0.1, 0.15) is 17.6 Å². The Bertz CT molecular complexity index is 333. The van der Waals surface area contributed by atoms with E-state index in [4.69, 9.17) is 10.5 Å². The first-order valence-electron chi connectivity index (χ1n) is 3.77. The van der Waals surface area contributed by atoms with E-state index in [9.17, 15) is 8.78 Å². The lowest BCUT2D eigenvalue weighted by Gasteiger charge is -2.12. The first-order chi connectivity index (χ1) is 6.61. The number of ether oxygens (including phenoxy) is 1. The lowest BCUT2D eigenvalue weighted by atomic mass is 10.1. The van der Waals surface area contributed by atoms with Gasteiger partial charge >= 0.3 is 0 Å². The largest absolute Gasteiger partial charge is 0.495 e. The molecule has 1 aromatic rings. The van der Waals surface area contributed by atoms with Crippen LogP contribution in [0.4, 0.5) is 14.6 Å². The molecule has 0 aliphatic rings. The lowest BCUT2D eigenvalue weighted by molar-refractivity contribution is 0.146. The number of hydrogen-bond acceptors (Lipinski definition) is 3. The normalized spacial score (nSPS) is 10.6. The highest BCUT2D eigenvalue weighted by molar-refractivity contribution is 9.08. The number of nitrogens with zero attached hydrogens (tertiary/aromatic N) is 1. The van der Waals surface area contributed by atoms with Crippen LogP contribution < -0.4 is 10.5 Å². The van der Waals surface area contributed by atoms with Gasteiger partial charge in [-0.1, -0.05) is 15.9 Å². The molecule has 0 unspecified atom stereocenters. The van der Waals surface area contributed by atoms with Crippen molar-refractivity contribution < 1.29 is 13.5 Å². The lowest BCUT2D eigenvalue weighted by Crippen LogP contribution is -2.04. The van der Waals surface area contributed by atoms with E-state index in [-0.39, 0.29) is 28.0 Å². The van der Waals surface area contributed by atoms with Crippen molar-refractivity contribution in [3.05, 3.63) is 17.3 Å². The summed E-state index contributed by atoms with van der Waals surface area (Å²) in [6.45, 7) is 0. The van der Waals surface area contributed by atoms with Gasteiger partial charge in [-0.15, -0.1) is 0 Å². The zero-order chi connectivity index (χ0) is 10.7. The number of anilines is 1. The molecule has 2 N–H and O–H groups in total. The standard InChI is InChI=1S/C8H9BrF2N2O/c1-14-5-3-13-8(12)4(2-9)6(5)7(10)11/h3,7H,2H2,1H3,(H2,12,13). The molecular weight excluding hydrogens is 258 g/mol. The summed E-state index contributed by atoms with van der Waals surface area (Å²) < 4.78 is 30.1. The van der Waals surface area contributed by atoms with E-state index in [1.807, 2.05) is 0 Å². The maximum absolute atomic E-state index is 12.7. The molecule has 0 aromatic carbocycles. The summed E-state index contributed by atoms with van der Waals surface area (Å²) in [5, 5.41) is 0.225. The molecule has 3 nitrogen and oxygen atoms in total. The van der Waals surface area contributed by atoms with Crippen LogP contribution in [0.25, 0.3) is 0 Å². The molecule has 1 aromatic heterocycles. The summed E-state index contributed by atoms with van der Waals surface area (Å²) in [5.74, 6) is 0.154. The molecule has 0 saturated carbocycles. The smallest absolute Gasteiger partial charge is 0.267 e. The maximum atomic E-state index is 12.7. The zero-order valence-corrected chi connectivity index (χ0v) is 9.01. The van der Waals surface area contributed by atoms with Crippen LogP contribution in [0.5, 0.6) is 5.75 Å². The molecule has 0 aliphatic heterocycles. The number of halogens is 3. The molecule has 0 spiro atoms. The minimum absolute atomic E-state index is 0.0589. The Hall–Kier alpha value is -0.910. The number of alkyl halides is 3. The van der Waals surface area contributed by atoms with Gasteiger partial charge in [0, 0.05) is 10.9 Å². The van der Waals surface area contributed by atoms with Crippen molar-refractivity contribution in [2.45, 2.75) is 11.8 Å². The first kappa shape index (κ1) is 11.2. The predicted octanol–water partition coefficient (Wildman–Crippen LogP) is 2.50. The number of aromatic nitrogens is 1. The molecular formula is C8H9BrF2N2O. The van der Waals surface area contributed by atoms with E-state index in [2.05, 4.69) is 20.9 Å². The Morgan fingerprint density at radius 3 is 2.71 bits per heavy atom. The first-order valence-corrected chi connectivity index (χ1v) is 4.89. The number of nitrogens with two attached hydrogens (primary N) is 1. The van der Waals surface area contributed by atoms with E-state index in [0.717, 1.165) is 0 Å². The SMILES string of the molecule is COc1cnc(N)c(CBr)c1C(F)F. The van der Waals surface area contributed by atoms with Crippen LogP contribution in [0.2, 0.25) is 0 Å². The average molecular weight is 267 g/mol. The molecule has 0 atom stereocenters. The van der Waals surface area contributed by atoms with Crippen LogP contribution in [0, 0.1) is 0 Å². The van der Waals surface area contributed by atoms with Crippen molar-refractivity contribution >= 4 is 21.7 Å². The highest BCUT2D eigenvalue weighted by atomic mass is 79.9. The quantitative estimate of drug-likeness (QED) is 0.856. The number of hydrogen-bond donors (Lipinski definition) is 1. The molecule has 0 fully saturated rings. The third kappa shape index (κ3) is 1.95. The fourth-order valence-electron chi connectivity index (χ4n) is 1.10. The van der Waals surface area contributed by atoms with Gasteiger partial charge in [0.05, 0.1) is 18.9 Å². The number of rotatable bonds is 3. The van der Waals surface area contributed by atoms with Gasteiger partial charge < -0.3 is 10.5 Å². The van der Waals surface area contributed by atoms with Crippen molar-refractivity contribution in [1.82, 2.24) is 4.98 Å². The van der Waals surface area contributed by atoms with Crippen molar-refractivity contribution in [2.24, 2.45) is 0 Å². The van der Waals surface area contributed by atoms with Crippen LogP contribution in [0.3, 0.4) is 0 Å². The predicted molar refractivity (Wildman–Crippen MR) is 52.8 cm³/mol. The molecule has 1 rings (SSSR count). The van der Waals surface area contributed by atoms with E-state index < -0.39 is 6.43 Å². The number of methoxy groups -OCH3 is 1. The second kappa shape index (κ2) is 4.54. The molecule has 6 heteroatoms. The Morgan fingerprint density at radius 2 is 2.29 bits per heavy atom. The molecule has 1 heterocycles. The third-order valence-corrected chi connectivity index (χ3v) is 2.35. The summed E-state index contributed by atoms with van der Waals surface area (Å²) in [6, 6.07) is 0. The van der Waals surface area contributed by atoms with Gasteiger partial charge in [0.15, 0.2) is 0 Å². The summed E-state index contributed by atoms with van der Waals surface area (Å²) in [5.41, 5.74) is 5.54. The van der Waals surface area contributed by atoms with E-state index >= 15 is 0 Å². The van der Waals surface area contributed by atoms with Crippen molar-refractivity contribution in [3.63, 3.8) is 0 Å². The fraction of sp³-hybridized carbons (Fsp3) is 0.375. The van der Waals surface area contributed by atoms with Gasteiger partial charge in [-0.3, -0.25) is 0 Å². The molecule has 78 valence electrons. The molecule has 14 heavy (non-hydrogen) atoms. The average Bonchev–Trinajstić information content (AvgIpc) is 2.17. The highest BCUT2D eigenvalue weighted by Crippen LogP contribution is 2.34. The van der Waals surface area contributed by atoms with Gasteiger partial charge in [0.1, 0.15) is 11.6 Å². The molecule has 0 amide bonds. The van der Waals surface area contributed by atoms with Gasteiger partial charge in [0.2, 0.25) is 0 Å². The Morgan fingerprint density at radius 1 is 1.64 bits per heavy atom. The van der Waals surface area contributed by atoms with Gasteiger partial charge in [-0.25, -0.2) is 13.8 Å². The van der Waals surface area contributed by atoms with Crippen LogP contribution in [-0.2, 0) is 5.33 Å². The maximum Gasteiger partial charge on any atom is 0.267 e. The number of nitrogen functional groups attached to an aromatic ring is 1. The Kier molecular flexibility index (Phi) is 3.62. The van der Waals surface area contributed by atoms with Crippen molar-refractivity contribution in [2.75, 3.05) is 12.8 Å². The van der Waals surface area contributed by atoms with Crippen LogP contribution in [0.15, 0.2) is 6.20 Å². The summed E-state index contributed by atoms with van der Waals surface area (Å²) >= 11 is 3.08. The van der Waals surface area contributed by atoms with Crippen LogP contribution in [-0.4, -0.2) is 12.1 Å². The topological polar surface area (TPSA) is 48.1 Å². The highest BCUT2D eigenvalue weighted by Gasteiger charge is 2.20. The van der Waals surface area contributed by atoms with E-state index in [1.54, 1.807) is 0 Å². The minimum Gasteiger partial charge on any atom is -0.495 e. The van der Waals surface area contributed by atoms with Gasteiger partial charge in [0.25, 0.3) is 6.43 Å². The molecule has 0 saturated heterocycles. The summed E-state index contributed by atoms with van der Waals surface area (Å²) in [7, 11) is 1.32. The minimum atomic E-state index is -2.62. The van der Waals surface area contributed by atoms with Crippen molar-refractivity contribution in [3.8, 4) is 5.75 Å².